The van der Waals surface area contributed by atoms with Gasteiger partial charge in [0.25, 0.3) is 5.91 Å². The zero-order chi connectivity index (χ0) is 25.1. The van der Waals surface area contributed by atoms with E-state index in [4.69, 9.17) is 16.6 Å². The number of halogens is 2. The summed E-state index contributed by atoms with van der Waals surface area (Å²) in [5, 5.41) is 13.7. The maximum absolute atomic E-state index is 13.7. The van der Waals surface area contributed by atoms with Crippen LogP contribution in [0.5, 0.6) is 0 Å². The lowest BCUT2D eigenvalue weighted by Gasteiger charge is -2.26. The zero-order valence-corrected chi connectivity index (χ0v) is 22.2. The Balaban J connectivity index is 1.69. The molecule has 1 saturated heterocycles. The van der Waals surface area contributed by atoms with Crippen LogP contribution in [0.3, 0.4) is 0 Å². The van der Waals surface area contributed by atoms with E-state index >= 15 is 0 Å². The highest BCUT2D eigenvalue weighted by atomic mass is 79.9. The van der Waals surface area contributed by atoms with Crippen LogP contribution in [0.1, 0.15) is 60.0 Å². The van der Waals surface area contributed by atoms with Gasteiger partial charge in [0.1, 0.15) is 5.82 Å². The summed E-state index contributed by atoms with van der Waals surface area (Å²) in [6, 6.07) is 13.5. The fourth-order valence-electron chi connectivity index (χ4n) is 4.91. The molecule has 2 atom stereocenters. The zero-order valence-electron chi connectivity index (χ0n) is 19.9. The Bertz CT molecular complexity index is 1270. The lowest BCUT2D eigenvalue weighted by molar-refractivity contribution is -0.137. The maximum Gasteiger partial charge on any atom is 0.303 e. The van der Waals surface area contributed by atoms with Crippen molar-refractivity contribution < 1.29 is 14.7 Å². The van der Waals surface area contributed by atoms with Crippen LogP contribution in [0.2, 0.25) is 5.02 Å². The summed E-state index contributed by atoms with van der Waals surface area (Å²) >= 11 is 9.94. The highest BCUT2D eigenvalue weighted by Crippen LogP contribution is 2.34. The number of carbonyl (C=O) groups excluding carboxylic acids is 1. The largest absolute Gasteiger partial charge is 0.481 e. The van der Waals surface area contributed by atoms with Crippen LogP contribution in [-0.4, -0.2) is 41.1 Å². The molecule has 1 aliphatic heterocycles. The Labute approximate surface area is 218 Å². The molecule has 1 amide bonds. The van der Waals surface area contributed by atoms with Gasteiger partial charge >= 0.3 is 5.97 Å². The average Bonchev–Trinajstić information content (AvgIpc) is 3.24. The Morgan fingerprint density at radius 3 is 2.74 bits per heavy atom. The number of rotatable bonds is 8. The SMILES string of the molecule is Cc1c(N2CCC[C@@H]2C)nc2ccc(Br)cc2c1C(=O)NC[C@H](CCC(=O)O)c1ccccc1Cl. The smallest absolute Gasteiger partial charge is 0.303 e. The number of fused-ring (bicyclic) bond motifs is 1. The quantitative estimate of drug-likeness (QED) is 0.338. The second-order valence-corrected chi connectivity index (χ2v) is 10.5. The first-order chi connectivity index (χ1) is 16.8. The van der Waals surface area contributed by atoms with Gasteiger partial charge in [-0.3, -0.25) is 9.59 Å². The third kappa shape index (κ3) is 5.62. The highest BCUT2D eigenvalue weighted by molar-refractivity contribution is 9.10. The molecule has 3 aromatic rings. The number of aliphatic carboxylic acids is 1. The third-order valence-electron chi connectivity index (χ3n) is 6.78. The molecule has 8 heteroatoms. The molecule has 1 aliphatic rings. The molecular formula is C27H29BrClN3O3. The summed E-state index contributed by atoms with van der Waals surface area (Å²) in [6.45, 7) is 5.35. The van der Waals surface area contributed by atoms with Crippen molar-refractivity contribution in [1.82, 2.24) is 10.3 Å². The van der Waals surface area contributed by atoms with Crippen molar-refractivity contribution in [3.8, 4) is 0 Å². The molecule has 2 aromatic carbocycles. The van der Waals surface area contributed by atoms with Crippen molar-refractivity contribution in [3.63, 3.8) is 0 Å². The van der Waals surface area contributed by atoms with E-state index in [0.717, 1.165) is 51.7 Å². The molecule has 1 aromatic heterocycles. The number of carboxylic acids is 1. The second-order valence-electron chi connectivity index (χ2n) is 9.14. The molecule has 0 unspecified atom stereocenters. The van der Waals surface area contributed by atoms with Crippen LogP contribution in [0.4, 0.5) is 5.82 Å². The van der Waals surface area contributed by atoms with E-state index in [2.05, 4.69) is 33.1 Å². The average molecular weight is 559 g/mol. The number of carbonyl (C=O) groups is 2. The number of hydrogen-bond donors (Lipinski definition) is 2. The summed E-state index contributed by atoms with van der Waals surface area (Å²) in [5.74, 6) is -0.447. The van der Waals surface area contributed by atoms with Crippen molar-refractivity contribution in [2.24, 2.45) is 0 Å². The van der Waals surface area contributed by atoms with E-state index in [0.29, 0.717) is 23.0 Å². The first-order valence-electron chi connectivity index (χ1n) is 11.9. The van der Waals surface area contributed by atoms with Crippen LogP contribution in [0.15, 0.2) is 46.9 Å². The molecule has 2 heterocycles. The predicted octanol–water partition coefficient (Wildman–Crippen LogP) is 6.33. The van der Waals surface area contributed by atoms with Crippen molar-refractivity contribution in [3.05, 3.63) is 68.7 Å². The van der Waals surface area contributed by atoms with Gasteiger partial charge in [0.05, 0.1) is 11.1 Å². The van der Waals surface area contributed by atoms with E-state index in [9.17, 15) is 14.7 Å². The normalized spacial score (nSPS) is 16.5. The molecule has 1 fully saturated rings. The Hall–Kier alpha value is -2.64. The van der Waals surface area contributed by atoms with Crippen molar-refractivity contribution >= 4 is 56.1 Å². The maximum atomic E-state index is 13.7. The molecule has 4 rings (SSSR count). The number of nitrogens with zero attached hydrogens (tertiary/aromatic N) is 2. The molecule has 0 saturated carbocycles. The molecule has 184 valence electrons. The molecule has 35 heavy (non-hydrogen) atoms. The van der Waals surface area contributed by atoms with Gasteiger partial charge < -0.3 is 15.3 Å². The van der Waals surface area contributed by atoms with E-state index in [1.165, 1.54) is 0 Å². The van der Waals surface area contributed by atoms with E-state index < -0.39 is 5.97 Å². The summed E-state index contributed by atoms with van der Waals surface area (Å²) in [5.41, 5.74) is 3.05. The Morgan fingerprint density at radius 2 is 2.06 bits per heavy atom. The lowest BCUT2D eigenvalue weighted by atomic mass is 9.93. The summed E-state index contributed by atoms with van der Waals surface area (Å²) in [6.07, 6.45) is 2.57. The molecule has 0 aliphatic carbocycles. The van der Waals surface area contributed by atoms with Crippen molar-refractivity contribution in [1.29, 1.82) is 0 Å². The standard InChI is InChI=1S/C27H29BrClN3O3/c1-16-6-5-13-32(16)26-17(2)25(21-14-19(28)10-11-23(21)31-26)27(35)30-15-18(9-12-24(33)34)20-7-3-4-8-22(20)29/h3-4,7-8,10-11,14,16,18H,5-6,9,12-13,15H2,1-2H3,(H,30,35)(H,33,34)/t16-,18-/m0/s1. The minimum absolute atomic E-state index is 0.00702. The number of carboxylic acid groups (broad SMARTS) is 1. The molecule has 6 nitrogen and oxygen atoms in total. The topological polar surface area (TPSA) is 82.5 Å². The first kappa shape index (κ1) is 25.5. The van der Waals surface area contributed by atoms with Crippen LogP contribution in [0.25, 0.3) is 10.9 Å². The summed E-state index contributed by atoms with van der Waals surface area (Å²) in [7, 11) is 0. The van der Waals surface area contributed by atoms with E-state index in [1.807, 2.05) is 43.3 Å². The minimum atomic E-state index is -0.876. The minimum Gasteiger partial charge on any atom is -0.481 e. The van der Waals surface area contributed by atoms with Crippen molar-refractivity contribution in [2.75, 3.05) is 18.0 Å². The molecule has 0 spiro atoms. The van der Waals surface area contributed by atoms with E-state index in [1.54, 1.807) is 6.07 Å². The van der Waals surface area contributed by atoms with Gasteiger partial charge in [-0.2, -0.15) is 0 Å². The van der Waals surface area contributed by atoms with Crippen molar-refractivity contribution in [2.45, 2.75) is 51.5 Å². The third-order valence-corrected chi connectivity index (χ3v) is 7.61. The summed E-state index contributed by atoms with van der Waals surface area (Å²) in [4.78, 5) is 32.2. The molecule has 2 N–H and O–H groups in total. The van der Waals surface area contributed by atoms with Gasteiger partial charge in [-0.1, -0.05) is 45.7 Å². The van der Waals surface area contributed by atoms with Gasteiger partial charge in [-0.25, -0.2) is 4.98 Å². The second kappa shape index (κ2) is 11.0. The van der Waals surface area contributed by atoms with Crippen LogP contribution < -0.4 is 10.2 Å². The number of aromatic nitrogens is 1. The van der Waals surface area contributed by atoms with Gasteiger partial charge in [0.15, 0.2) is 0 Å². The number of benzene rings is 2. The monoisotopic (exact) mass is 557 g/mol. The van der Waals surface area contributed by atoms with E-state index in [-0.39, 0.29) is 24.8 Å². The number of pyridine rings is 1. The van der Waals surface area contributed by atoms with Crippen LogP contribution in [-0.2, 0) is 4.79 Å². The fourth-order valence-corrected chi connectivity index (χ4v) is 5.56. The molecule has 0 bridgehead atoms. The fraction of sp³-hybridized carbons (Fsp3) is 0.370. The number of nitrogens with one attached hydrogen (secondary N) is 1. The molecule has 0 radical (unpaired) electrons. The van der Waals surface area contributed by atoms with Crippen LogP contribution in [0, 0.1) is 6.92 Å². The van der Waals surface area contributed by atoms with Gasteiger partial charge in [0, 0.05) is 51.9 Å². The number of amides is 1. The lowest BCUT2D eigenvalue weighted by Crippen LogP contribution is -2.32. The first-order valence-corrected chi connectivity index (χ1v) is 13.0. The predicted molar refractivity (Wildman–Crippen MR) is 144 cm³/mol. The number of hydrogen-bond acceptors (Lipinski definition) is 4. The van der Waals surface area contributed by atoms with Gasteiger partial charge in [-0.15, -0.1) is 0 Å². The Kier molecular flexibility index (Phi) is 7.97. The highest BCUT2D eigenvalue weighted by Gasteiger charge is 2.27. The van der Waals surface area contributed by atoms with Gasteiger partial charge in [0.2, 0.25) is 0 Å². The number of anilines is 1. The Morgan fingerprint density at radius 1 is 1.29 bits per heavy atom. The van der Waals surface area contributed by atoms with Gasteiger partial charge in [-0.05, 0) is 62.9 Å². The summed E-state index contributed by atoms with van der Waals surface area (Å²) < 4.78 is 0.873. The molecular weight excluding hydrogens is 530 g/mol. The van der Waals surface area contributed by atoms with Crippen LogP contribution >= 0.6 is 27.5 Å².